The highest BCUT2D eigenvalue weighted by atomic mass is 35.5. The van der Waals surface area contributed by atoms with Gasteiger partial charge in [0, 0.05) is 29.7 Å². The maximum atomic E-state index is 6.33. The Bertz CT molecular complexity index is 675. The number of hydrogen-bond acceptors (Lipinski definition) is 3. The normalized spacial score (nSPS) is 17.3. The van der Waals surface area contributed by atoms with Gasteiger partial charge in [0.15, 0.2) is 5.75 Å². The molecule has 0 spiro atoms. The summed E-state index contributed by atoms with van der Waals surface area (Å²) in [7, 11) is 2.04. The second-order valence-corrected chi connectivity index (χ2v) is 5.98. The lowest BCUT2D eigenvalue weighted by atomic mass is 10.0. The van der Waals surface area contributed by atoms with Crippen LogP contribution in [0.5, 0.6) is 5.75 Å². The van der Waals surface area contributed by atoms with Crippen molar-refractivity contribution in [3.8, 4) is 16.9 Å². The van der Waals surface area contributed by atoms with Gasteiger partial charge in [-0.2, -0.15) is 0 Å². The number of benzene rings is 2. The summed E-state index contributed by atoms with van der Waals surface area (Å²) in [6, 6.07) is 11.5. The van der Waals surface area contributed by atoms with Gasteiger partial charge in [-0.3, -0.25) is 0 Å². The number of para-hydroxylation sites is 1. The zero-order valence-electron chi connectivity index (χ0n) is 11.6. The van der Waals surface area contributed by atoms with Crippen molar-refractivity contribution in [2.45, 2.75) is 6.10 Å². The third-order valence-corrected chi connectivity index (χ3v) is 4.20. The van der Waals surface area contributed by atoms with E-state index < -0.39 is 0 Å². The Morgan fingerprint density at radius 2 is 2.05 bits per heavy atom. The van der Waals surface area contributed by atoms with E-state index in [2.05, 4.69) is 4.90 Å². The van der Waals surface area contributed by atoms with Crippen molar-refractivity contribution in [3.63, 3.8) is 0 Å². The predicted molar refractivity (Wildman–Crippen MR) is 88.6 cm³/mol. The van der Waals surface area contributed by atoms with Crippen molar-refractivity contribution in [2.24, 2.45) is 5.73 Å². The van der Waals surface area contributed by atoms with Crippen molar-refractivity contribution >= 4 is 28.9 Å². The van der Waals surface area contributed by atoms with E-state index in [1.807, 2.05) is 37.4 Å². The van der Waals surface area contributed by atoms with Gasteiger partial charge in [0.05, 0.1) is 17.3 Å². The lowest BCUT2D eigenvalue weighted by molar-refractivity contribution is 0.205. The van der Waals surface area contributed by atoms with Crippen molar-refractivity contribution in [2.75, 3.05) is 25.0 Å². The molecule has 2 aromatic carbocycles. The molecule has 2 aromatic rings. The van der Waals surface area contributed by atoms with E-state index in [-0.39, 0.29) is 6.10 Å². The number of fused-ring (bicyclic) bond motifs is 1. The van der Waals surface area contributed by atoms with Crippen LogP contribution < -0.4 is 15.4 Å². The molecule has 0 saturated carbocycles. The molecule has 0 bridgehead atoms. The van der Waals surface area contributed by atoms with E-state index in [1.165, 1.54) is 0 Å². The van der Waals surface area contributed by atoms with E-state index in [4.69, 9.17) is 33.7 Å². The van der Waals surface area contributed by atoms with Gasteiger partial charge < -0.3 is 15.4 Å². The standard InChI is InChI=1S/C16H16Cl2N2O/c1-20-9-11(8-19)21-16-13(3-2-4-15(16)20)12-6-5-10(17)7-14(12)18/h2-7,11H,8-9,19H2,1H3. The fraction of sp³-hybridized carbons (Fsp3) is 0.250. The molecule has 21 heavy (non-hydrogen) atoms. The van der Waals surface area contributed by atoms with Crippen LogP contribution in [0.25, 0.3) is 11.1 Å². The number of halogens is 2. The van der Waals surface area contributed by atoms with E-state index in [0.717, 1.165) is 29.1 Å². The van der Waals surface area contributed by atoms with Crippen LogP contribution in [-0.4, -0.2) is 26.2 Å². The van der Waals surface area contributed by atoms with Crippen LogP contribution in [0, 0.1) is 0 Å². The molecule has 1 unspecified atom stereocenters. The third kappa shape index (κ3) is 2.69. The summed E-state index contributed by atoms with van der Waals surface area (Å²) in [5.74, 6) is 0.825. The minimum atomic E-state index is -0.0188. The minimum Gasteiger partial charge on any atom is -0.484 e. The molecule has 0 radical (unpaired) electrons. The lowest BCUT2D eigenvalue weighted by Gasteiger charge is -2.34. The maximum Gasteiger partial charge on any atom is 0.151 e. The van der Waals surface area contributed by atoms with Crippen LogP contribution in [-0.2, 0) is 0 Å². The Morgan fingerprint density at radius 3 is 2.76 bits per heavy atom. The molecule has 0 amide bonds. The van der Waals surface area contributed by atoms with Crippen LogP contribution in [0.1, 0.15) is 0 Å². The van der Waals surface area contributed by atoms with E-state index >= 15 is 0 Å². The third-order valence-electron chi connectivity index (χ3n) is 3.65. The molecule has 0 fully saturated rings. The van der Waals surface area contributed by atoms with Crippen LogP contribution in [0.15, 0.2) is 36.4 Å². The Hall–Kier alpha value is -1.42. The predicted octanol–water partition coefficient (Wildman–Crippen LogP) is 3.82. The highest BCUT2D eigenvalue weighted by Crippen LogP contribution is 2.43. The number of ether oxygens (including phenoxy) is 1. The van der Waals surface area contributed by atoms with Gasteiger partial charge in [-0.05, 0) is 18.2 Å². The molecule has 1 heterocycles. The second-order valence-electron chi connectivity index (χ2n) is 5.13. The van der Waals surface area contributed by atoms with Gasteiger partial charge >= 0.3 is 0 Å². The summed E-state index contributed by atoms with van der Waals surface area (Å²) >= 11 is 12.3. The fourth-order valence-corrected chi connectivity index (χ4v) is 3.11. The fourth-order valence-electron chi connectivity index (χ4n) is 2.60. The van der Waals surface area contributed by atoms with Gasteiger partial charge in [-0.15, -0.1) is 0 Å². The van der Waals surface area contributed by atoms with Gasteiger partial charge in [0.2, 0.25) is 0 Å². The molecule has 1 atom stereocenters. The number of nitrogens with zero attached hydrogens (tertiary/aromatic N) is 1. The molecule has 0 aromatic heterocycles. The molecule has 1 aliphatic rings. The molecule has 2 N–H and O–H groups in total. The Kier molecular flexibility index (Phi) is 3.98. The van der Waals surface area contributed by atoms with Crippen molar-refractivity contribution in [1.82, 2.24) is 0 Å². The molecular formula is C16H16Cl2N2O. The first-order chi connectivity index (χ1) is 10.1. The van der Waals surface area contributed by atoms with Crippen molar-refractivity contribution < 1.29 is 4.74 Å². The van der Waals surface area contributed by atoms with Gasteiger partial charge in [-0.25, -0.2) is 0 Å². The monoisotopic (exact) mass is 322 g/mol. The second kappa shape index (κ2) is 5.76. The zero-order chi connectivity index (χ0) is 15.0. The number of rotatable bonds is 2. The number of anilines is 1. The number of likely N-dealkylation sites (N-methyl/N-ethyl adjacent to an activating group) is 1. The summed E-state index contributed by atoms with van der Waals surface area (Å²) in [6.45, 7) is 1.26. The Labute approximate surface area is 134 Å². The van der Waals surface area contributed by atoms with Crippen LogP contribution >= 0.6 is 23.2 Å². The molecule has 3 nitrogen and oxygen atoms in total. The average molecular weight is 323 g/mol. The van der Waals surface area contributed by atoms with Gasteiger partial charge in [0.25, 0.3) is 0 Å². The van der Waals surface area contributed by atoms with Gasteiger partial charge in [0.1, 0.15) is 6.10 Å². The zero-order valence-corrected chi connectivity index (χ0v) is 13.2. The Balaban J connectivity index is 2.14. The first-order valence-electron chi connectivity index (χ1n) is 6.76. The van der Waals surface area contributed by atoms with Crippen molar-refractivity contribution in [1.29, 1.82) is 0 Å². The summed E-state index contributed by atoms with van der Waals surface area (Å²) in [5.41, 5.74) is 8.67. The first kappa shape index (κ1) is 14.5. The molecule has 0 aliphatic carbocycles. The molecule has 0 saturated heterocycles. The highest BCUT2D eigenvalue weighted by Gasteiger charge is 2.25. The summed E-state index contributed by atoms with van der Waals surface area (Å²) < 4.78 is 6.06. The molecule has 1 aliphatic heterocycles. The summed E-state index contributed by atoms with van der Waals surface area (Å²) in [6.07, 6.45) is -0.0188. The molecule has 5 heteroatoms. The molecule has 3 rings (SSSR count). The van der Waals surface area contributed by atoms with Crippen LogP contribution in [0.4, 0.5) is 5.69 Å². The van der Waals surface area contributed by atoms with E-state index in [9.17, 15) is 0 Å². The van der Waals surface area contributed by atoms with E-state index in [1.54, 1.807) is 6.07 Å². The first-order valence-corrected chi connectivity index (χ1v) is 7.52. The SMILES string of the molecule is CN1CC(CN)Oc2c(-c3ccc(Cl)cc3Cl)cccc21. The van der Waals surface area contributed by atoms with Crippen LogP contribution in [0.2, 0.25) is 10.0 Å². The number of nitrogens with two attached hydrogens (primary N) is 1. The quantitative estimate of drug-likeness (QED) is 0.913. The van der Waals surface area contributed by atoms with Crippen molar-refractivity contribution in [3.05, 3.63) is 46.4 Å². The maximum absolute atomic E-state index is 6.33. The summed E-state index contributed by atoms with van der Waals surface area (Å²) in [4.78, 5) is 2.16. The topological polar surface area (TPSA) is 38.5 Å². The average Bonchev–Trinajstić information content (AvgIpc) is 2.47. The van der Waals surface area contributed by atoms with E-state index in [0.29, 0.717) is 16.6 Å². The smallest absolute Gasteiger partial charge is 0.151 e. The molecular weight excluding hydrogens is 307 g/mol. The summed E-state index contributed by atoms with van der Waals surface area (Å²) in [5, 5.41) is 1.23. The lowest BCUT2D eigenvalue weighted by Crippen LogP contribution is -2.42. The Morgan fingerprint density at radius 1 is 1.24 bits per heavy atom. The minimum absolute atomic E-state index is 0.0188. The van der Waals surface area contributed by atoms with Gasteiger partial charge in [-0.1, -0.05) is 41.4 Å². The number of hydrogen-bond donors (Lipinski definition) is 1. The van der Waals surface area contributed by atoms with Crippen LogP contribution in [0.3, 0.4) is 0 Å². The highest BCUT2D eigenvalue weighted by molar-refractivity contribution is 6.36. The molecule has 110 valence electrons. The largest absolute Gasteiger partial charge is 0.484 e.